The maximum Gasteiger partial charge on any atom is 0.310 e. The first kappa shape index (κ1) is 20.9. The van der Waals surface area contributed by atoms with E-state index in [1.54, 1.807) is 26.0 Å². The van der Waals surface area contributed by atoms with Gasteiger partial charge in [0.15, 0.2) is 0 Å². The molecule has 6 heteroatoms. The third kappa shape index (κ3) is 5.55. The van der Waals surface area contributed by atoms with Crippen molar-refractivity contribution in [1.29, 1.82) is 0 Å². The highest BCUT2D eigenvalue weighted by atomic mass is 16.4. The summed E-state index contributed by atoms with van der Waals surface area (Å²) in [6, 6.07) is 7.40. The number of nitrogens with one attached hydrogen (secondary N) is 1. The zero-order valence-electron chi connectivity index (χ0n) is 16.3. The molecule has 1 heterocycles. The molecule has 1 saturated heterocycles. The van der Waals surface area contributed by atoms with Crippen molar-refractivity contribution < 1.29 is 19.5 Å². The van der Waals surface area contributed by atoms with E-state index in [-0.39, 0.29) is 18.2 Å². The quantitative estimate of drug-likeness (QED) is 0.693. The van der Waals surface area contributed by atoms with Gasteiger partial charge < -0.3 is 15.3 Å². The summed E-state index contributed by atoms with van der Waals surface area (Å²) in [6.07, 6.45) is 4.16. The highest BCUT2D eigenvalue weighted by molar-refractivity contribution is 5.94. The van der Waals surface area contributed by atoms with Crippen LogP contribution in [-0.2, 0) is 20.8 Å². The highest BCUT2D eigenvalue weighted by Gasteiger charge is 2.37. The van der Waals surface area contributed by atoms with Crippen molar-refractivity contribution in [1.82, 2.24) is 4.90 Å². The molecule has 1 aliphatic heterocycles. The van der Waals surface area contributed by atoms with Gasteiger partial charge in [-0.2, -0.15) is 0 Å². The summed E-state index contributed by atoms with van der Waals surface area (Å²) in [6.45, 7) is 5.33. The summed E-state index contributed by atoms with van der Waals surface area (Å²) in [5, 5.41) is 12.2. The van der Waals surface area contributed by atoms with Crippen LogP contribution in [0.25, 0.3) is 0 Å². The molecule has 2 amide bonds. The number of carboxylic acid groups (broad SMARTS) is 1. The van der Waals surface area contributed by atoms with E-state index < -0.39 is 11.4 Å². The minimum Gasteiger partial charge on any atom is -0.481 e. The van der Waals surface area contributed by atoms with Gasteiger partial charge in [0.2, 0.25) is 11.8 Å². The van der Waals surface area contributed by atoms with Gasteiger partial charge in [-0.15, -0.1) is 0 Å². The summed E-state index contributed by atoms with van der Waals surface area (Å²) in [4.78, 5) is 37.8. The van der Waals surface area contributed by atoms with Gasteiger partial charge in [0, 0.05) is 31.6 Å². The van der Waals surface area contributed by atoms with Crippen molar-refractivity contribution in [3.8, 4) is 0 Å². The molecular weight excluding hydrogens is 344 g/mol. The van der Waals surface area contributed by atoms with E-state index in [0.29, 0.717) is 31.4 Å². The third-order valence-electron chi connectivity index (χ3n) is 5.63. The van der Waals surface area contributed by atoms with E-state index in [1.165, 1.54) is 0 Å². The van der Waals surface area contributed by atoms with Crippen molar-refractivity contribution in [2.45, 2.75) is 58.8 Å². The van der Waals surface area contributed by atoms with E-state index >= 15 is 0 Å². The molecule has 0 saturated carbocycles. The Hall–Kier alpha value is -2.37. The summed E-state index contributed by atoms with van der Waals surface area (Å²) in [5.74, 6) is -1.02. The van der Waals surface area contributed by atoms with Crippen molar-refractivity contribution in [3.63, 3.8) is 0 Å². The van der Waals surface area contributed by atoms with Crippen LogP contribution < -0.4 is 5.32 Å². The third-order valence-corrected chi connectivity index (χ3v) is 5.63. The lowest BCUT2D eigenvalue weighted by atomic mass is 9.79. The van der Waals surface area contributed by atoms with Gasteiger partial charge >= 0.3 is 5.97 Å². The average Bonchev–Trinajstić information content (AvgIpc) is 3.20. The summed E-state index contributed by atoms with van der Waals surface area (Å²) >= 11 is 0. The van der Waals surface area contributed by atoms with Gasteiger partial charge in [0.05, 0.1) is 5.41 Å². The minimum atomic E-state index is -1.01. The zero-order chi connectivity index (χ0) is 19.9. The Kier molecular flexibility index (Phi) is 7.39. The maximum absolute atomic E-state index is 12.3. The smallest absolute Gasteiger partial charge is 0.310 e. The molecule has 6 nitrogen and oxygen atoms in total. The van der Waals surface area contributed by atoms with Gasteiger partial charge in [-0.05, 0) is 49.8 Å². The molecule has 0 aromatic heterocycles. The molecule has 0 radical (unpaired) electrons. The Morgan fingerprint density at radius 2 is 1.67 bits per heavy atom. The molecule has 1 fully saturated rings. The largest absolute Gasteiger partial charge is 0.481 e. The first-order valence-corrected chi connectivity index (χ1v) is 9.80. The topological polar surface area (TPSA) is 86.7 Å². The zero-order valence-corrected chi connectivity index (χ0v) is 16.3. The molecule has 1 aromatic rings. The molecule has 0 bridgehead atoms. The Balaban J connectivity index is 1.86. The van der Waals surface area contributed by atoms with E-state index in [1.807, 2.05) is 17.0 Å². The second kappa shape index (κ2) is 9.53. The highest BCUT2D eigenvalue weighted by Crippen LogP contribution is 2.31. The molecule has 0 aliphatic carbocycles. The number of rotatable bonds is 9. The summed E-state index contributed by atoms with van der Waals surface area (Å²) in [5.41, 5.74) is 0.670. The Morgan fingerprint density at radius 3 is 2.19 bits per heavy atom. The van der Waals surface area contributed by atoms with Crippen LogP contribution >= 0.6 is 0 Å². The number of carboxylic acids is 1. The molecule has 27 heavy (non-hydrogen) atoms. The van der Waals surface area contributed by atoms with Gasteiger partial charge in [0.25, 0.3) is 0 Å². The van der Waals surface area contributed by atoms with Gasteiger partial charge in [0.1, 0.15) is 0 Å². The fourth-order valence-corrected chi connectivity index (χ4v) is 3.52. The molecule has 0 unspecified atom stereocenters. The van der Waals surface area contributed by atoms with E-state index in [0.717, 1.165) is 31.5 Å². The van der Waals surface area contributed by atoms with Crippen LogP contribution in [0.5, 0.6) is 0 Å². The number of hydrogen-bond donors (Lipinski definition) is 2. The first-order chi connectivity index (χ1) is 12.9. The van der Waals surface area contributed by atoms with Crippen LogP contribution in [0.3, 0.4) is 0 Å². The second-order valence-electron chi connectivity index (χ2n) is 7.30. The molecule has 0 atom stereocenters. The molecule has 0 spiro atoms. The predicted molar refractivity (Wildman–Crippen MR) is 104 cm³/mol. The number of anilines is 1. The SMILES string of the molecule is CCC(CC)(CC(=O)Nc1ccc(CCC(=O)N2CCCC2)cc1)C(=O)O. The van der Waals surface area contributed by atoms with Crippen LogP contribution in [0.4, 0.5) is 5.69 Å². The normalized spacial score (nSPS) is 14.2. The number of amides is 2. The minimum absolute atomic E-state index is 0.0403. The number of likely N-dealkylation sites (tertiary alicyclic amines) is 1. The van der Waals surface area contributed by atoms with E-state index in [4.69, 9.17) is 0 Å². The Bertz CT molecular complexity index is 659. The number of aryl methyl sites for hydroxylation is 1. The van der Waals surface area contributed by atoms with Crippen LogP contribution in [0.2, 0.25) is 0 Å². The molecule has 2 N–H and O–H groups in total. The first-order valence-electron chi connectivity index (χ1n) is 9.80. The van der Waals surface area contributed by atoms with Gasteiger partial charge in [-0.3, -0.25) is 14.4 Å². The van der Waals surface area contributed by atoms with E-state index in [9.17, 15) is 19.5 Å². The standard InChI is InChI=1S/C21H30N2O4/c1-3-21(4-2,20(26)27)15-18(24)22-17-10-7-16(8-11-17)9-12-19(25)23-13-5-6-14-23/h7-8,10-11H,3-6,9,12-15H2,1-2H3,(H,22,24)(H,26,27). The van der Waals surface area contributed by atoms with Crippen LogP contribution in [0, 0.1) is 5.41 Å². The molecule has 1 aliphatic rings. The summed E-state index contributed by atoms with van der Waals surface area (Å²) in [7, 11) is 0. The van der Waals surface area contributed by atoms with Crippen LogP contribution in [0.15, 0.2) is 24.3 Å². The van der Waals surface area contributed by atoms with Crippen LogP contribution in [0.1, 0.15) is 57.9 Å². The number of carbonyl (C=O) groups is 3. The maximum atomic E-state index is 12.3. The monoisotopic (exact) mass is 374 g/mol. The van der Waals surface area contributed by atoms with Crippen molar-refractivity contribution in [3.05, 3.63) is 29.8 Å². The fraction of sp³-hybridized carbons (Fsp3) is 0.571. The predicted octanol–water partition coefficient (Wildman–Crippen LogP) is 3.46. The number of nitrogens with zero attached hydrogens (tertiary/aromatic N) is 1. The van der Waals surface area contributed by atoms with Crippen LogP contribution in [-0.4, -0.2) is 40.9 Å². The lowest BCUT2D eigenvalue weighted by Crippen LogP contribution is -2.34. The summed E-state index contributed by atoms with van der Waals surface area (Å²) < 4.78 is 0. The number of hydrogen-bond acceptors (Lipinski definition) is 3. The van der Waals surface area contributed by atoms with Crippen molar-refractivity contribution in [2.75, 3.05) is 18.4 Å². The average molecular weight is 374 g/mol. The lowest BCUT2D eigenvalue weighted by molar-refractivity contribution is -0.151. The number of aliphatic carboxylic acids is 1. The van der Waals surface area contributed by atoms with E-state index in [2.05, 4.69) is 5.32 Å². The Labute approximate surface area is 160 Å². The van der Waals surface area contributed by atoms with Gasteiger partial charge in [-0.1, -0.05) is 26.0 Å². The molecule has 148 valence electrons. The number of benzene rings is 1. The van der Waals surface area contributed by atoms with Gasteiger partial charge in [-0.25, -0.2) is 0 Å². The molecule has 1 aromatic carbocycles. The molecular formula is C21H30N2O4. The fourth-order valence-electron chi connectivity index (χ4n) is 3.52. The van der Waals surface area contributed by atoms with Crippen molar-refractivity contribution in [2.24, 2.45) is 5.41 Å². The lowest BCUT2D eigenvalue weighted by Gasteiger charge is -2.25. The second-order valence-corrected chi connectivity index (χ2v) is 7.30. The Morgan fingerprint density at radius 1 is 1.07 bits per heavy atom. The van der Waals surface area contributed by atoms with Crippen molar-refractivity contribution >= 4 is 23.5 Å². The molecule has 2 rings (SSSR count). The number of carbonyl (C=O) groups excluding carboxylic acids is 2.